The van der Waals surface area contributed by atoms with Gasteiger partial charge in [-0.05, 0) is 29.8 Å². The van der Waals surface area contributed by atoms with Gasteiger partial charge < -0.3 is 10.6 Å². The molecule has 2 N–H and O–H groups in total. The van der Waals surface area contributed by atoms with Gasteiger partial charge in [0.05, 0.1) is 23.2 Å². The lowest BCUT2D eigenvalue weighted by atomic mass is 10.1. The lowest BCUT2D eigenvalue weighted by molar-refractivity contribution is -0.137. The fraction of sp³-hybridized carbons (Fsp3) is 0.120. The molecular weight excluding hydrogens is 461 g/mol. The predicted molar refractivity (Wildman–Crippen MR) is 125 cm³/mol. The van der Waals surface area contributed by atoms with Crippen molar-refractivity contribution in [3.8, 4) is 0 Å². The van der Waals surface area contributed by atoms with Gasteiger partial charge in [0.25, 0.3) is 11.5 Å². The van der Waals surface area contributed by atoms with Crippen molar-refractivity contribution in [1.82, 2.24) is 9.78 Å². The molecule has 4 aromatic rings. The van der Waals surface area contributed by atoms with Crippen LogP contribution in [0.15, 0.2) is 77.6 Å². The van der Waals surface area contributed by atoms with Gasteiger partial charge in [0.1, 0.15) is 0 Å². The van der Waals surface area contributed by atoms with E-state index in [1.54, 1.807) is 36.4 Å². The van der Waals surface area contributed by atoms with Crippen molar-refractivity contribution in [3.63, 3.8) is 0 Å². The molecule has 2 amide bonds. The van der Waals surface area contributed by atoms with Gasteiger partial charge in [0, 0.05) is 18.0 Å². The van der Waals surface area contributed by atoms with E-state index >= 15 is 0 Å². The Hall–Kier alpha value is -4.47. The number of halogens is 3. The highest BCUT2D eigenvalue weighted by Gasteiger charge is 2.34. The third kappa shape index (κ3) is 5.21. The summed E-state index contributed by atoms with van der Waals surface area (Å²) in [6.07, 6.45) is -4.81. The molecule has 0 bridgehead atoms. The highest BCUT2D eigenvalue weighted by atomic mass is 19.4. The molecule has 0 unspecified atom stereocenters. The summed E-state index contributed by atoms with van der Waals surface area (Å²) < 4.78 is 42.2. The van der Waals surface area contributed by atoms with Crippen LogP contribution in [0.1, 0.15) is 28.5 Å². The average Bonchev–Trinajstić information content (AvgIpc) is 2.81. The summed E-state index contributed by atoms with van der Waals surface area (Å²) >= 11 is 0. The highest BCUT2D eigenvalue weighted by molar-refractivity contribution is 6.11. The summed E-state index contributed by atoms with van der Waals surface area (Å²) in [6, 6.07) is 18.3. The van der Waals surface area contributed by atoms with Gasteiger partial charge in [0.2, 0.25) is 5.91 Å². The third-order valence-corrected chi connectivity index (χ3v) is 5.15. The molecule has 35 heavy (non-hydrogen) atoms. The quantitative estimate of drug-likeness (QED) is 0.434. The Morgan fingerprint density at radius 3 is 2.23 bits per heavy atom. The number of carbonyl (C=O) groups is 2. The van der Waals surface area contributed by atoms with Crippen LogP contribution in [-0.2, 0) is 17.5 Å². The number of nitrogens with zero attached hydrogens (tertiary/aromatic N) is 2. The number of alkyl halides is 3. The molecule has 0 atom stereocenters. The van der Waals surface area contributed by atoms with E-state index in [-0.39, 0.29) is 28.7 Å². The van der Waals surface area contributed by atoms with Crippen LogP contribution in [0.5, 0.6) is 0 Å². The number of anilines is 2. The Kier molecular flexibility index (Phi) is 6.37. The summed E-state index contributed by atoms with van der Waals surface area (Å²) in [5.41, 5.74) is -1.59. The zero-order valence-corrected chi connectivity index (χ0v) is 18.4. The van der Waals surface area contributed by atoms with E-state index in [2.05, 4.69) is 15.7 Å². The van der Waals surface area contributed by atoms with Crippen molar-refractivity contribution in [3.05, 3.63) is 100.0 Å². The molecule has 7 nitrogen and oxygen atoms in total. The maximum atomic E-state index is 13.7. The second-order valence-electron chi connectivity index (χ2n) is 7.74. The number of benzene rings is 3. The molecule has 0 aliphatic heterocycles. The van der Waals surface area contributed by atoms with Crippen LogP contribution in [0.25, 0.3) is 10.8 Å². The van der Waals surface area contributed by atoms with Gasteiger partial charge in [0.15, 0.2) is 5.69 Å². The summed E-state index contributed by atoms with van der Waals surface area (Å²) in [7, 11) is 0. The Morgan fingerprint density at radius 2 is 1.57 bits per heavy atom. The maximum Gasteiger partial charge on any atom is 0.418 e. The Bertz CT molecular complexity index is 1480. The monoisotopic (exact) mass is 480 g/mol. The van der Waals surface area contributed by atoms with E-state index in [1.165, 1.54) is 25.1 Å². The molecule has 0 saturated heterocycles. The smallest absolute Gasteiger partial charge is 0.326 e. The number of nitrogens with one attached hydrogen (secondary N) is 2. The highest BCUT2D eigenvalue weighted by Crippen LogP contribution is 2.37. The first kappa shape index (κ1) is 23.7. The molecule has 0 aliphatic rings. The van der Waals surface area contributed by atoms with Crippen LogP contribution in [0, 0.1) is 0 Å². The van der Waals surface area contributed by atoms with Crippen LogP contribution in [0.4, 0.5) is 24.5 Å². The van der Waals surface area contributed by atoms with Crippen molar-refractivity contribution < 1.29 is 22.8 Å². The SMILES string of the molecule is CC(=O)Nc1ccc(NC(=O)c2nn(Cc3ccccc3)c(=O)c3ccccc23)c(C(F)(F)F)c1. The topological polar surface area (TPSA) is 93.1 Å². The van der Waals surface area contributed by atoms with Crippen molar-refractivity contribution in [2.45, 2.75) is 19.6 Å². The fourth-order valence-corrected chi connectivity index (χ4v) is 3.62. The Morgan fingerprint density at radius 1 is 0.914 bits per heavy atom. The van der Waals surface area contributed by atoms with E-state index in [0.29, 0.717) is 0 Å². The minimum atomic E-state index is -4.81. The van der Waals surface area contributed by atoms with Gasteiger partial charge in [-0.25, -0.2) is 4.68 Å². The molecule has 0 saturated carbocycles. The molecule has 0 aliphatic carbocycles. The normalized spacial score (nSPS) is 11.3. The van der Waals surface area contributed by atoms with Crippen molar-refractivity contribution in [2.75, 3.05) is 10.6 Å². The second kappa shape index (κ2) is 9.41. The van der Waals surface area contributed by atoms with E-state index in [9.17, 15) is 27.6 Å². The third-order valence-electron chi connectivity index (χ3n) is 5.15. The van der Waals surface area contributed by atoms with Crippen LogP contribution in [0.2, 0.25) is 0 Å². The molecule has 178 valence electrons. The Labute approximate surface area is 197 Å². The molecule has 0 spiro atoms. The van der Waals surface area contributed by atoms with Gasteiger partial charge in [-0.3, -0.25) is 14.4 Å². The van der Waals surface area contributed by atoms with Crippen molar-refractivity contribution in [2.24, 2.45) is 0 Å². The van der Waals surface area contributed by atoms with Gasteiger partial charge >= 0.3 is 6.18 Å². The van der Waals surface area contributed by atoms with Gasteiger partial charge in [-0.1, -0.05) is 48.5 Å². The van der Waals surface area contributed by atoms with Crippen molar-refractivity contribution in [1.29, 1.82) is 0 Å². The van der Waals surface area contributed by atoms with Crippen LogP contribution in [0.3, 0.4) is 0 Å². The molecular formula is C25H19F3N4O3. The number of hydrogen-bond acceptors (Lipinski definition) is 4. The summed E-state index contributed by atoms with van der Waals surface area (Å²) in [5, 5.41) is 9.17. The lowest BCUT2D eigenvalue weighted by Crippen LogP contribution is -2.28. The van der Waals surface area contributed by atoms with Crippen molar-refractivity contribution >= 4 is 34.0 Å². The average molecular weight is 480 g/mol. The largest absolute Gasteiger partial charge is 0.418 e. The first-order valence-electron chi connectivity index (χ1n) is 10.5. The minimum Gasteiger partial charge on any atom is -0.326 e. The number of aromatic nitrogens is 2. The lowest BCUT2D eigenvalue weighted by Gasteiger charge is -2.16. The number of rotatable bonds is 5. The first-order chi connectivity index (χ1) is 16.6. The van der Waals surface area contributed by atoms with Crippen LogP contribution in [-0.4, -0.2) is 21.6 Å². The van der Waals surface area contributed by atoms with E-state index in [0.717, 1.165) is 22.4 Å². The fourth-order valence-electron chi connectivity index (χ4n) is 3.62. The van der Waals surface area contributed by atoms with Crippen LogP contribution < -0.4 is 16.2 Å². The molecule has 1 aromatic heterocycles. The molecule has 4 rings (SSSR count). The standard InChI is InChI=1S/C25H19F3N4O3/c1-15(33)29-17-11-12-21(20(13-17)25(26,27)28)30-23(34)22-18-9-5-6-10-19(18)24(35)32(31-22)14-16-7-3-2-4-8-16/h2-13H,14H2,1H3,(H,29,33)(H,30,34). The summed E-state index contributed by atoms with van der Waals surface area (Å²) in [6.45, 7) is 1.24. The maximum absolute atomic E-state index is 13.7. The number of hydrogen-bond donors (Lipinski definition) is 2. The Balaban J connectivity index is 1.77. The first-order valence-corrected chi connectivity index (χ1v) is 10.5. The zero-order valence-electron chi connectivity index (χ0n) is 18.4. The molecule has 0 fully saturated rings. The minimum absolute atomic E-state index is 0.0668. The summed E-state index contributed by atoms with van der Waals surface area (Å²) in [4.78, 5) is 37.4. The van der Waals surface area contributed by atoms with E-state index in [4.69, 9.17) is 0 Å². The number of fused-ring (bicyclic) bond motifs is 1. The van der Waals surface area contributed by atoms with Gasteiger partial charge in [-0.2, -0.15) is 18.3 Å². The van der Waals surface area contributed by atoms with Crippen LogP contribution >= 0.6 is 0 Å². The zero-order chi connectivity index (χ0) is 25.2. The molecule has 0 radical (unpaired) electrons. The van der Waals surface area contributed by atoms with E-state index in [1.807, 2.05) is 6.07 Å². The predicted octanol–water partition coefficient (Wildman–Crippen LogP) is 4.67. The van der Waals surface area contributed by atoms with E-state index < -0.39 is 34.8 Å². The molecule has 3 aromatic carbocycles. The molecule has 1 heterocycles. The summed E-state index contributed by atoms with van der Waals surface area (Å²) in [5.74, 6) is -1.45. The van der Waals surface area contributed by atoms with Gasteiger partial charge in [-0.15, -0.1) is 0 Å². The number of carbonyl (C=O) groups excluding carboxylic acids is 2. The molecule has 10 heteroatoms. The second-order valence-corrected chi connectivity index (χ2v) is 7.74. The number of amides is 2.